The van der Waals surface area contributed by atoms with Crippen LogP contribution in [0, 0.1) is 5.92 Å². The molecular weight excluding hydrogens is 477 g/mol. The number of morpholine rings is 1. The van der Waals surface area contributed by atoms with E-state index in [9.17, 15) is 14.4 Å². The molecule has 1 aromatic carbocycles. The number of piperidine rings is 1. The van der Waals surface area contributed by atoms with Gasteiger partial charge in [0.15, 0.2) is 0 Å². The highest BCUT2D eigenvalue weighted by atomic mass is 35.5. The number of ether oxygens (including phenoxy) is 1. The summed E-state index contributed by atoms with van der Waals surface area (Å²) in [6, 6.07) is 5.76. The van der Waals surface area contributed by atoms with Gasteiger partial charge in [-0.1, -0.05) is 29.3 Å². The van der Waals surface area contributed by atoms with Crippen molar-refractivity contribution in [3.8, 4) is 0 Å². The highest BCUT2D eigenvalue weighted by molar-refractivity contribution is 6.42. The fourth-order valence-corrected chi connectivity index (χ4v) is 5.76. The number of rotatable bonds is 7. The summed E-state index contributed by atoms with van der Waals surface area (Å²) >= 11 is 12.5. The Morgan fingerprint density at radius 1 is 1.09 bits per heavy atom. The van der Waals surface area contributed by atoms with Crippen molar-refractivity contribution < 1.29 is 19.1 Å². The van der Waals surface area contributed by atoms with Crippen molar-refractivity contribution >= 4 is 40.9 Å². The molecule has 34 heavy (non-hydrogen) atoms. The van der Waals surface area contributed by atoms with E-state index in [4.69, 9.17) is 27.9 Å². The summed E-state index contributed by atoms with van der Waals surface area (Å²) < 4.78 is 5.46. The van der Waals surface area contributed by atoms with Gasteiger partial charge in [0.2, 0.25) is 17.7 Å². The van der Waals surface area contributed by atoms with Gasteiger partial charge in [0.25, 0.3) is 0 Å². The van der Waals surface area contributed by atoms with Gasteiger partial charge in [0, 0.05) is 45.1 Å². The Morgan fingerprint density at radius 2 is 1.82 bits per heavy atom. The van der Waals surface area contributed by atoms with Gasteiger partial charge >= 0.3 is 0 Å². The number of nitrogens with zero attached hydrogens (tertiary/aromatic N) is 3. The molecule has 0 spiro atoms. The molecule has 1 saturated carbocycles. The zero-order valence-electron chi connectivity index (χ0n) is 19.3. The zero-order chi connectivity index (χ0) is 23.9. The number of hydrogen-bond donors (Lipinski definition) is 0. The molecule has 5 rings (SSSR count). The van der Waals surface area contributed by atoms with Gasteiger partial charge in [-0.2, -0.15) is 0 Å². The van der Waals surface area contributed by atoms with Crippen LogP contribution in [0.25, 0.3) is 0 Å². The molecule has 3 saturated heterocycles. The Hall–Kier alpha value is -1.51. The zero-order valence-corrected chi connectivity index (χ0v) is 20.8. The van der Waals surface area contributed by atoms with Gasteiger partial charge in [0.05, 0.1) is 28.7 Å². The lowest BCUT2D eigenvalue weighted by atomic mass is 9.70. The molecule has 3 heterocycles. The number of carbonyl (C=O) groups is 3. The molecule has 4 aliphatic rings. The van der Waals surface area contributed by atoms with E-state index in [1.54, 1.807) is 12.1 Å². The Bertz CT molecular complexity index is 973. The lowest BCUT2D eigenvalue weighted by molar-refractivity contribution is -0.161. The molecule has 9 heteroatoms. The average molecular weight is 508 g/mol. The van der Waals surface area contributed by atoms with Crippen LogP contribution in [0.4, 0.5) is 0 Å². The fourth-order valence-electron chi connectivity index (χ4n) is 5.46. The van der Waals surface area contributed by atoms with Crippen molar-refractivity contribution in [2.75, 3.05) is 45.9 Å². The molecule has 0 aromatic heterocycles. The van der Waals surface area contributed by atoms with E-state index in [0.29, 0.717) is 41.4 Å². The van der Waals surface area contributed by atoms with Crippen LogP contribution < -0.4 is 0 Å². The molecule has 1 aliphatic carbocycles. The smallest absolute Gasteiger partial charge is 0.246 e. The number of likely N-dealkylation sites (tertiary alicyclic amines) is 2. The first-order valence-electron chi connectivity index (χ1n) is 12.3. The molecule has 0 N–H and O–H groups in total. The third-order valence-electron chi connectivity index (χ3n) is 7.86. The molecular formula is C25H31Cl2N3O4. The monoisotopic (exact) mass is 507 g/mol. The van der Waals surface area contributed by atoms with Gasteiger partial charge in [-0.15, -0.1) is 0 Å². The SMILES string of the molecule is O=C1CC[C@](CCN2CC(N3CCOCC3)C2)(c2ccc(Cl)c(Cl)c2)C(=O)N1C(=O)CC1CC1. The lowest BCUT2D eigenvalue weighted by Crippen LogP contribution is -2.62. The topological polar surface area (TPSA) is 70.2 Å². The van der Waals surface area contributed by atoms with Crippen LogP contribution in [0.15, 0.2) is 18.2 Å². The number of amides is 3. The maximum Gasteiger partial charge on any atom is 0.246 e. The van der Waals surface area contributed by atoms with Crippen LogP contribution >= 0.6 is 23.2 Å². The summed E-state index contributed by atoms with van der Waals surface area (Å²) in [4.78, 5) is 45.3. The molecule has 1 aromatic rings. The van der Waals surface area contributed by atoms with E-state index >= 15 is 0 Å². The Kier molecular flexibility index (Phi) is 7.02. The number of imide groups is 3. The summed E-state index contributed by atoms with van der Waals surface area (Å²) in [5, 5.41) is 0.785. The van der Waals surface area contributed by atoms with Gasteiger partial charge < -0.3 is 9.64 Å². The van der Waals surface area contributed by atoms with E-state index in [-0.39, 0.29) is 24.7 Å². The highest BCUT2D eigenvalue weighted by Gasteiger charge is 2.51. The van der Waals surface area contributed by atoms with Crippen molar-refractivity contribution in [2.45, 2.75) is 50.0 Å². The summed E-state index contributed by atoms with van der Waals surface area (Å²) in [6.07, 6.45) is 3.30. The van der Waals surface area contributed by atoms with Crippen LogP contribution in [0.3, 0.4) is 0 Å². The van der Waals surface area contributed by atoms with E-state index in [1.165, 1.54) is 0 Å². The van der Waals surface area contributed by atoms with Crippen LogP contribution in [-0.4, -0.2) is 84.4 Å². The van der Waals surface area contributed by atoms with Gasteiger partial charge in [0.1, 0.15) is 0 Å². The van der Waals surface area contributed by atoms with Crippen LogP contribution in [0.2, 0.25) is 10.0 Å². The third-order valence-corrected chi connectivity index (χ3v) is 8.60. The maximum absolute atomic E-state index is 13.9. The molecule has 4 fully saturated rings. The number of carbonyl (C=O) groups excluding carboxylic acids is 3. The van der Waals surface area contributed by atoms with Crippen LogP contribution in [0.5, 0.6) is 0 Å². The minimum atomic E-state index is -0.967. The molecule has 0 radical (unpaired) electrons. The number of halogens is 2. The van der Waals surface area contributed by atoms with Crippen molar-refractivity contribution in [3.63, 3.8) is 0 Å². The molecule has 1 atom stereocenters. The summed E-state index contributed by atoms with van der Waals surface area (Å²) in [5.41, 5.74) is -0.236. The standard InChI is InChI=1S/C25H31Cl2N3O4/c26-20-4-3-18(14-21(20)27)25(7-8-28-15-19(16-28)29-9-11-34-12-10-29)6-5-22(31)30(24(25)33)23(32)13-17-1-2-17/h3-4,14,17,19H,1-2,5-13,15-16H2/t25-/m0/s1. The first-order chi connectivity index (χ1) is 16.4. The fraction of sp³-hybridized carbons (Fsp3) is 0.640. The normalized spacial score (nSPS) is 27.2. The van der Waals surface area contributed by atoms with Gasteiger partial charge in [-0.25, -0.2) is 4.90 Å². The second-order valence-corrected chi connectivity index (χ2v) is 10.9. The predicted octanol–water partition coefficient (Wildman–Crippen LogP) is 3.11. The Labute approximate surface area is 210 Å². The first kappa shape index (κ1) is 24.2. The molecule has 0 bridgehead atoms. The summed E-state index contributed by atoms with van der Waals surface area (Å²) in [7, 11) is 0. The van der Waals surface area contributed by atoms with E-state index in [1.807, 2.05) is 6.07 Å². The minimum absolute atomic E-state index is 0.165. The highest BCUT2D eigenvalue weighted by Crippen LogP contribution is 2.42. The minimum Gasteiger partial charge on any atom is -0.379 e. The van der Waals surface area contributed by atoms with Crippen molar-refractivity contribution in [3.05, 3.63) is 33.8 Å². The summed E-state index contributed by atoms with van der Waals surface area (Å²) in [5.74, 6) is -0.855. The van der Waals surface area contributed by atoms with Crippen LogP contribution in [0.1, 0.15) is 44.1 Å². The maximum atomic E-state index is 13.9. The van der Waals surface area contributed by atoms with Gasteiger partial charge in [-0.05, 0) is 55.8 Å². The van der Waals surface area contributed by atoms with E-state index in [2.05, 4.69) is 9.80 Å². The average Bonchev–Trinajstić information content (AvgIpc) is 3.61. The number of benzene rings is 1. The van der Waals surface area contributed by atoms with Crippen LogP contribution in [-0.2, 0) is 24.5 Å². The molecule has 7 nitrogen and oxygen atoms in total. The van der Waals surface area contributed by atoms with E-state index in [0.717, 1.165) is 62.7 Å². The summed E-state index contributed by atoms with van der Waals surface area (Å²) in [6.45, 7) is 6.11. The second kappa shape index (κ2) is 9.86. The second-order valence-electron chi connectivity index (χ2n) is 10.1. The number of hydrogen-bond acceptors (Lipinski definition) is 6. The van der Waals surface area contributed by atoms with Crippen molar-refractivity contribution in [1.29, 1.82) is 0 Å². The van der Waals surface area contributed by atoms with Gasteiger partial charge in [-0.3, -0.25) is 19.3 Å². The third kappa shape index (κ3) is 4.78. The molecule has 184 valence electrons. The quantitative estimate of drug-likeness (QED) is 0.528. The molecule has 3 amide bonds. The Morgan fingerprint density at radius 3 is 2.50 bits per heavy atom. The van der Waals surface area contributed by atoms with Crippen molar-refractivity contribution in [2.24, 2.45) is 5.92 Å². The molecule has 0 unspecified atom stereocenters. The molecule has 3 aliphatic heterocycles. The Balaban J connectivity index is 1.34. The lowest BCUT2D eigenvalue weighted by Gasteiger charge is -2.48. The van der Waals surface area contributed by atoms with E-state index < -0.39 is 11.3 Å². The largest absolute Gasteiger partial charge is 0.379 e. The first-order valence-corrected chi connectivity index (χ1v) is 13.0. The predicted molar refractivity (Wildman–Crippen MR) is 129 cm³/mol. The van der Waals surface area contributed by atoms with Crippen molar-refractivity contribution in [1.82, 2.24) is 14.7 Å².